The molecule has 0 bridgehead atoms. The highest BCUT2D eigenvalue weighted by atomic mass is 16.5. The van der Waals surface area contributed by atoms with Crippen molar-refractivity contribution >= 4 is 5.97 Å². The Bertz CT molecular complexity index is 328. The molecule has 5 heteroatoms. The highest BCUT2D eigenvalue weighted by Gasteiger charge is 2.08. The molecule has 1 aromatic heterocycles. The number of esters is 1. The molecule has 0 amide bonds. The Morgan fingerprint density at radius 1 is 1.40 bits per heavy atom. The maximum absolute atomic E-state index is 11.1. The summed E-state index contributed by atoms with van der Waals surface area (Å²) in [6.45, 7) is 2.18. The molecule has 1 heterocycles. The molecule has 1 rings (SSSR count). The van der Waals surface area contributed by atoms with E-state index in [4.69, 9.17) is 9.47 Å². The Hall–Kier alpha value is -1.65. The minimum absolute atomic E-state index is 0.231. The first-order valence-electron chi connectivity index (χ1n) is 4.77. The predicted molar refractivity (Wildman–Crippen MR) is 53.5 cm³/mol. The Labute approximate surface area is 88.4 Å². The standard InChI is InChI=1S/C10H14N2O3/c1-3-15-9(13)5-4-8-10(14-2)12-7-6-11-8/h6-7H,3-5H2,1-2H3. The van der Waals surface area contributed by atoms with Gasteiger partial charge in [0.05, 0.1) is 20.1 Å². The molecule has 0 unspecified atom stereocenters. The van der Waals surface area contributed by atoms with E-state index in [9.17, 15) is 4.79 Å². The lowest BCUT2D eigenvalue weighted by Crippen LogP contribution is -2.07. The Kier molecular flexibility index (Phi) is 4.53. The average Bonchev–Trinajstić information content (AvgIpc) is 2.27. The van der Waals surface area contributed by atoms with Gasteiger partial charge in [-0.15, -0.1) is 0 Å². The summed E-state index contributed by atoms with van der Waals surface area (Å²) >= 11 is 0. The van der Waals surface area contributed by atoms with Crippen LogP contribution in [0.5, 0.6) is 5.88 Å². The van der Waals surface area contributed by atoms with Gasteiger partial charge in [-0.05, 0) is 6.92 Å². The highest BCUT2D eigenvalue weighted by Crippen LogP contribution is 2.12. The smallest absolute Gasteiger partial charge is 0.306 e. The van der Waals surface area contributed by atoms with Crippen LogP contribution in [-0.2, 0) is 16.0 Å². The van der Waals surface area contributed by atoms with E-state index in [1.54, 1.807) is 19.3 Å². The van der Waals surface area contributed by atoms with Crippen molar-refractivity contribution in [2.24, 2.45) is 0 Å². The molecule has 1 aromatic rings. The van der Waals surface area contributed by atoms with Crippen LogP contribution in [-0.4, -0.2) is 29.7 Å². The van der Waals surface area contributed by atoms with E-state index < -0.39 is 0 Å². The molecule has 0 spiro atoms. The van der Waals surface area contributed by atoms with E-state index in [1.807, 2.05) is 0 Å². The minimum Gasteiger partial charge on any atom is -0.480 e. The summed E-state index contributed by atoms with van der Waals surface area (Å²) in [5.74, 6) is 0.229. The molecule has 5 nitrogen and oxygen atoms in total. The molecule has 0 fully saturated rings. The maximum Gasteiger partial charge on any atom is 0.306 e. The summed E-state index contributed by atoms with van der Waals surface area (Å²) in [6.07, 6.45) is 3.90. The van der Waals surface area contributed by atoms with Crippen LogP contribution in [0.3, 0.4) is 0 Å². The molecular weight excluding hydrogens is 196 g/mol. The third-order valence-electron chi connectivity index (χ3n) is 1.80. The van der Waals surface area contributed by atoms with Crippen LogP contribution in [0.25, 0.3) is 0 Å². The van der Waals surface area contributed by atoms with E-state index in [1.165, 1.54) is 7.11 Å². The Balaban J connectivity index is 2.53. The number of hydrogen-bond acceptors (Lipinski definition) is 5. The van der Waals surface area contributed by atoms with Gasteiger partial charge in [-0.1, -0.05) is 0 Å². The predicted octanol–water partition coefficient (Wildman–Crippen LogP) is 0.981. The number of rotatable bonds is 5. The van der Waals surface area contributed by atoms with Crippen molar-refractivity contribution in [2.45, 2.75) is 19.8 Å². The number of carbonyl (C=O) groups excluding carboxylic acids is 1. The molecule has 0 radical (unpaired) electrons. The second kappa shape index (κ2) is 5.95. The number of ether oxygens (including phenoxy) is 2. The van der Waals surface area contributed by atoms with Crippen LogP contribution in [0.15, 0.2) is 12.4 Å². The summed E-state index contributed by atoms with van der Waals surface area (Å²) in [6, 6.07) is 0. The third-order valence-corrected chi connectivity index (χ3v) is 1.80. The molecule has 0 aliphatic carbocycles. The lowest BCUT2D eigenvalue weighted by Gasteiger charge is -2.05. The van der Waals surface area contributed by atoms with E-state index in [0.29, 0.717) is 31.0 Å². The summed E-state index contributed by atoms with van der Waals surface area (Å²) < 4.78 is 9.82. The zero-order valence-corrected chi connectivity index (χ0v) is 8.90. The molecule has 15 heavy (non-hydrogen) atoms. The number of nitrogens with zero attached hydrogens (tertiary/aromatic N) is 2. The van der Waals surface area contributed by atoms with E-state index in [-0.39, 0.29) is 5.97 Å². The van der Waals surface area contributed by atoms with Crippen molar-refractivity contribution in [1.29, 1.82) is 0 Å². The van der Waals surface area contributed by atoms with Gasteiger partial charge < -0.3 is 9.47 Å². The Morgan fingerprint density at radius 3 is 2.80 bits per heavy atom. The number of methoxy groups -OCH3 is 1. The van der Waals surface area contributed by atoms with Gasteiger partial charge in [-0.2, -0.15) is 0 Å². The molecule has 0 saturated heterocycles. The summed E-state index contributed by atoms with van der Waals surface area (Å²) in [4.78, 5) is 19.2. The number of aromatic nitrogens is 2. The summed E-state index contributed by atoms with van der Waals surface area (Å²) in [5, 5.41) is 0. The van der Waals surface area contributed by atoms with Crippen molar-refractivity contribution in [3.63, 3.8) is 0 Å². The van der Waals surface area contributed by atoms with Gasteiger partial charge in [0, 0.05) is 18.8 Å². The lowest BCUT2D eigenvalue weighted by molar-refractivity contribution is -0.143. The van der Waals surface area contributed by atoms with Gasteiger partial charge in [0.1, 0.15) is 5.69 Å². The molecule has 0 aliphatic rings. The van der Waals surface area contributed by atoms with Gasteiger partial charge in [0.15, 0.2) is 0 Å². The zero-order chi connectivity index (χ0) is 11.1. The minimum atomic E-state index is -0.231. The van der Waals surface area contributed by atoms with Crippen molar-refractivity contribution in [2.75, 3.05) is 13.7 Å². The van der Waals surface area contributed by atoms with Gasteiger partial charge in [-0.25, -0.2) is 4.98 Å². The first kappa shape index (κ1) is 11.4. The zero-order valence-electron chi connectivity index (χ0n) is 8.90. The van der Waals surface area contributed by atoms with Crippen LogP contribution < -0.4 is 4.74 Å². The van der Waals surface area contributed by atoms with Crippen molar-refractivity contribution in [1.82, 2.24) is 9.97 Å². The molecule has 0 atom stereocenters. The molecule has 0 saturated carbocycles. The molecular formula is C10H14N2O3. The van der Waals surface area contributed by atoms with Crippen LogP contribution in [0.4, 0.5) is 0 Å². The van der Waals surface area contributed by atoms with E-state index in [2.05, 4.69) is 9.97 Å². The quantitative estimate of drug-likeness (QED) is 0.678. The summed E-state index contributed by atoms with van der Waals surface area (Å²) in [7, 11) is 1.53. The van der Waals surface area contributed by atoms with Crippen LogP contribution >= 0.6 is 0 Å². The highest BCUT2D eigenvalue weighted by molar-refractivity contribution is 5.69. The molecule has 0 N–H and O–H groups in total. The third kappa shape index (κ3) is 3.53. The average molecular weight is 210 g/mol. The van der Waals surface area contributed by atoms with Gasteiger partial charge >= 0.3 is 5.97 Å². The van der Waals surface area contributed by atoms with Crippen LogP contribution in [0, 0.1) is 0 Å². The van der Waals surface area contributed by atoms with E-state index in [0.717, 1.165) is 0 Å². The first-order chi connectivity index (χ1) is 7.27. The lowest BCUT2D eigenvalue weighted by atomic mass is 10.2. The molecule has 0 aromatic carbocycles. The van der Waals surface area contributed by atoms with Crippen LogP contribution in [0.1, 0.15) is 19.0 Å². The molecule has 0 aliphatic heterocycles. The fourth-order valence-corrected chi connectivity index (χ4v) is 1.15. The van der Waals surface area contributed by atoms with Gasteiger partial charge in [0.2, 0.25) is 5.88 Å². The normalized spacial score (nSPS) is 9.73. The second-order valence-corrected chi connectivity index (χ2v) is 2.82. The largest absolute Gasteiger partial charge is 0.480 e. The van der Waals surface area contributed by atoms with Gasteiger partial charge in [-0.3, -0.25) is 9.78 Å². The first-order valence-corrected chi connectivity index (χ1v) is 4.77. The van der Waals surface area contributed by atoms with E-state index >= 15 is 0 Å². The second-order valence-electron chi connectivity index (χ2n) is 2.82. The fraction of sp³-hybridized carbons (Fsp3) is 0.500. The molecule has 82 valence electrons. The van der Waals surface area contributed by atoms with Gasteiger partial charge in [0.25, 0.3) is 0 Å². The monoisotopic (exact) mass is 210 g/mol. The summed E-state index contributed by atoms with van der Waals surface area (Å²) in [5.41, 5.74) is 0.674. The maximum atomic E-state index is 11.1. The number of hydrogen-bond donors (Lipinski definition) is 0. The topological polar surface area (TPSA) is 61.3 Å². The van der Waals surface area contributed by atoms with Crippen molar-refractivity contribution in [3.05, 3.63) is 18.1 Å². The fourth-order valence-electron chi connectivity index (χ4n) is 1.15. The van der Waals surface area contributed by atoms with Crippen molar-refractivity contribution < 1.29 is 14.3 Å². The number of aryl methyl sites for hydroxylation is 1. The van der Waals surface area contributed by atoms with Crippen molar-refractivity contribution in [3.8, 4) is 5.88 Å². The van der Waals surface area contributed by atoms with Crippen LogP contribution in [0.2, 0.25) is 0 Å². The Morgan fingerprint density at radius 2 is 2.13 bits per heavy atom. The SMILES string of the molecule is CCOC(=O)CCc1nccnc1OC. The number of carbonyl (C=O) groups is 1.